The van der Waals surface area contributed by atoms with Gasteiger partial charge in [0.25, 0.3) is 0 Å². The molecule has 2 heterocycles. The lowest BCUT2D eigenvalue weighted by Crippen LogP contribution is -2.36. The number of carbonyl (C=O) groups is 1. The van der Waals surface area contributed by atoms with Gasteiger partial charge in [0.2, 0.25) is 5.91 Å². The molecule has 1 fully saturated rings. The zero-order valence-corrected chi connectivity index (χ0v) is 11.9. The second-order valence-corrected chi connectivity index (χ2v) is 5.71. The van der Waals surface area contributed by atoms with E-state index >= 15 is 0 Å². The number of primary amides is 1. The van der Waals surface area contributed by atoms with Crippen LogP contribution in [0.25, 0.3) is 0 Å². The number of pyridine rings is 1. The Labute approximate surface area is 116 Å². The lowest BCUT2D eigenvalue weighted by Gasteiger charge is -2.33. The monoisotopic (exact) mass is 311 g/mol. The Hall–Kier alpha value is -1.10. The number of hydrogen-bond acceptors (Lipinski definition) is 3. The molecule has 1 aliphatic rings. The van der Waals surface area contributed by atoms with Gasteiger partial charge in [-0.2, -0.15) is 0 Å². The first kappa shape index (κ1) is 13.3. The number of aromatic nitrogens is 1. The number of amides is 1. The van der Waals surface area contributed by atoms with Crippen molar-refractivity contribution < 1.29 is 4.79 Å². The fraction of sp³-hybridized carbons (Fsp3) is 0.538. The largest absolute Gasteiger partial charge is 0.370 e. The predicted molar refractivity (Wildman–Crippen MR) is 75.3 cm³/mol. The van der Waals surface area contributed by atoms with E-state index in [1.165, 1.54) is 6.42 Å². The summed E-state index contributed by atoms with van der Waals surface area (Å²) in [5.41, 5.74) is 5.20. The highest BCUT2D eigenvalue weighted by atomic mass is 79.9. The predicted octanol–water partition coefficient (Wildman–Crippen LogP) is 2.33. The first-order chi connectivity index (χ1) is 8.65. The highest BCUT2D eigenvalue weighted by Crippen LogP contribution is 2.25. The van der Waals surface area contributed by atoms with E-state index in [0.717, 1.165) is 36.2 Å². The van der Waals surface area contributed by atoms with Gasteiger partial charge in [0.05, 0.1) is 0 Å². The molecular weight excluding hydrogens is 294 g/mol. The number of hydrogen-bond donors (Lipinski definition) is 1. The maximum atomic E-state index is 10.8. The molecule has 0 aromatic carbocycles. The van der Waals surface area contributed by atoms with Crippen molar-refractivity contribution in [1.82, 2.24) is 4.98 Å². The average Bonchev–Trinajstić information content (AvgIpc) is 2.37. The van der Waals surface area contributed by atoms with Crippen LogP contribution in [0, 0.1) is 5.92 Å². The van der Waals surface area contributed by atoms with E-state index in [-0.39, 0.29) is 5.91 Å². The molecule has 0 bridgehead atoms. The summed E-state index contributed by atoms with van der Waals surface area (Å²) in [4.78, 5) is 17.5. The Morgan fingerprint density at radius 3 is 3.06 bits per heavy atom. The van der Waals surface area contributed by atoms with Crippen LogP contribution >= 0.6 is 15.9 Å². The van der Waals surface area contributed by atoms with Gasteiger partial charge in [-0.05, 0) is 53.2 Å². The molecule has 0 spiro atoms. The van der Waals surface area contributed by atoms with E-state index in [2.05, 4.69) is 25.8 Å². The first-order valence-electron chi connectivity index (χ1n) is 6.30. The van der Waals surface area contributed by atoms with Crippen molar-refractivity contribution in [2.45, 2.75) is 25.7 Å². The van der Waals surface area contributed by atoms with Crippen molar-refractivity contribution in [1.29, 1.82) is 0 Å². The molecule has 1 saturated heterocycles. The summed E-state index contributed by atoms with van der Waals surface area (Å²) < 4.78 is 0.994. The van der Waals surface area contributed by atoms with Crippen LogP contribution in [0.4, 0.5) is 5.82 Å². The number of halogens is 1. The molecule has 4 nitrogen and oxygen atoms in total. The highest BCUT2D eigenvalue weighted by Gasteiger charge is 2.21. The number of nitrogens with zero attached hydrogens (tertiary/aromatic N) is 2. The lowest BCUT2D eigenvalue weighted by atomic mass is 9.93. The topological polar surface area (TPSA) is 59.2 Å². The van der Waals surface area contributed by atoms with Crippen LogP contribution in [0.2, 0.25) is 0 Å². The fourth-order valence-corrected chi connectivity index (χ4v) is 2.64. The van der Waals surface area contributed by atoms with E-state index in [1.807, 2.05) is 18.3 Å². The Kier molecular flexibility index (Phi) is 4.58. The van der Waals surface area contributed by atoms with Gasteiger partial charge in [0.15, 0.2) is 0 Å². The standard InChI is InChI=1S/C13H18BrN3O/c14-11-4-6-13(16-8-11)17-7-1-2-10(9-17)3-5-12(15)18/h4,6,8,10H,1-3,5,7,9H2,(H2,15,18). The molecule has 5 heteroatoms. The Morgan fingerprint density at radius 1 is 1.56 bits per heavy atom. The molecule has 1 aromatic heterocycles. The summed E-state index contributed by atoms with van der Waals surface area (Å²) in [7, 11) is 0. The van der Waals surface area contributed by atoms with Crippen molar-refractivity contribution >= 4 is 27.7 Å². The zero-order chi connectivity index (χ0) is 13.0. The number of nitrogens with two attached hydrogens (primary N) is 1. The highest BCUT2D eigenvalue weighted by molar-refractivity contribution is 9.10. The minimum atomic E-state index is -0.200. The van der Waals surface area contributed by atoms with Gasteiger partial charge in [0, 0.05) is 30.2 Å². The Balaban J connectivity index is 1.93. The summed E-state index contributed by atoms with van der Waals surface area (Å²) in [6.07, 6.45) is 5.54. The molecule has 0 radical (unpaired) electrons. The molecule has 2 N–H and O–H groups in total. The van der Waals surface area contributed by atoms with E-state index in [0.29, 0.717) is 12.3 Å². The molecule has 0 saturated carbocycles. The molecule has 1 atom stereocenters. The Morgan fingerprint density at radius 2 is 2.39 bits per heavy atom. The second-order valence-electron chi connectivity index (χ2n) is 4.79. The van der Waals surface area contributed by atoms with E-state index in [4.69, 9.17) is 5.73 Å². The van der Waals surface area contributed by atoms with Crippen LogP contribution in [-0.4, -0.2) is 24.0 Å². The SMILES string of the molecule is NC(=O)CCC1CCCN(c2ccc(Br)cn2)C1. The van der Waals surface area contributed by atoms with Gasteiger partial charge >= 0.3 is 0 Å². The summed E-state index contributed by atoms with van der Waals surface area (Å²) in [6, 6.07) is 4.04. The van der Waals surface area contributed by atoms with Crippen LogP contribution in [-0.2, 0) is 4.79 Å². The van der Waals surface area contributed by atoms with E-state index < -0.39 is 0 Å². The number of rotatable bonds is 4. The third kappa shape index (κ3) is 3.70. The minimum absolute atomic E-state index is 0.200. The van der Waals surface area contributed by atoms with Crippen LogP contribution in [0.1, 0.15) is 25.7 Å². The lowest BCUT2D eigenvalue weighted by molar-refractivity contribution is -0.118. The molecule has 1 aromatic rings. The summed E-state index contributed by atoms with van der Waals surface area (Å²) >= 11 is 3.39. The maximum Gasteiger partial charge on any atom is 0.217 e. The van der Waals surface area contributed by atoms with Crippen LogP contribution < -0.4 is 10.6 Å². The number of carbonyl (C=O) groups excluding carboxylic acids is 1. The van der Waals surface area contributed by atoms with Gasteiger partial charge in [-0.1, -0.05) is 0 Å². The van der Waals surface area contributed by atoms with E-state index in [1.54, 1.807) is 0 Å². The zero-order valence-electron chi connectivity index (χ0n) is 10.3. The van der Waals surface area contributed by atoms with Gasteiger partial charge in [-0.25, -0.2) is 4.98 Å². The van der Waals surface area contributed by atoms with Crippen molar-refractivity contribution in [3.05, 3.63) is 22.8 Å². The smallest absolute Gasteiger partial charge is 0.217 e. The minimum Gasteiger partial charge on any atom is -0.370 e. The third-order valence-corrected chi connectivity index (χ3v) is 3.82. The average molecular weight is 312 g/mol. The first-order valence-corrected chi connectivity index (χ1v) is 7.09. The molecule has 1 aliphatic heterocycles. The van der Waals surface area contributed by atoms with Crippen molar-refractivity contribution in [3.8, 4) is 0 Å². The summed E-state index contributed by atoms with van der Waals surface area (Å²) in [5.74, 6) is 1.37. The molecule has 1 unspecified atom stereocenters. The molecule has 18 heavy (non-hydrogen) atoms. The number of piperidine rings is 1. The fourth-order valence-electron chi connectivity index (χ4n) is 2.41. The molecule has 2 rings (SSSR count). The summed E-state index contributed by atoms with van der Waals surface area (Å²) in [5, 5.41) is 0. The second kappa shape index (κ2) is 6.18. The van der Waals surface area contributed by atoms with Crippen molar-refractivity contribution in [2.24, 2.45) is 11.7 Å². The van der Waals surface area contributed by atoms with Gasteiger partial charge in [-0.3, -0.25) is 4.79 Å². The molecule has 1 amide bonds. The van der Waals surface area contributed by atoms with Gasteiger partial charge in [0.1, 0.15) is 5.82 Å². The van der Waals surface area contributed by atoms with Gasteiger partial charge in [-0.15, -0.1) is 0 Å². The van der Waals surface area contributed by atoms with Crippen molar-refractivity contribution in [2.75, 3.05) is 18.0 Å². The molecule has 98 valence electrons. The Bertz CT molecular complexity index is 407. The van der Waals surface area contributed by atoms with Gasteiger partial charge < -0.3 is 10.6 Å². The quantitative estimate of drug-likeness (QED) is 0.928. The maximum absolute atomic E-state index is 10.8. The van der Waals surface area contributed by atoms with Crippen LogP contribution in [0.3, 0.4) is 0 Å². The normalized spacial score (nSPS) is 19.8. The van der Waals surface area contributed by atoms with Crippen LogP contribution in [0.5, 0.6) is 0 Å². The molecule has 0 aliphatic carbocycles. The number of anilines is 1. The molecular formula is C13H18BrN3O. The summed E-state index contributed by atoms with van der Waals surface area (Å²) in [6.45, 7) is 2.02. The third-order valence-electron chi connectivity index (χ3n) is 3.35. The van der Waals surface area contributed by atoms with Crippen molar-refractivity contribution in [3.63, 3.8) is 0 Å². The van der Waals surface area contributed by atoms with Crippen LogP contribution in [0.15, 0.2) is 22.8 Å². The van der Waals surface area contributed by atoms with E-state index in [9.17, 15) is 4.79 Å².